The van der Waals surface area contributed by atoms with Gasteiger partial charge in [-0.25, -0.2) is 0 Å². The lowest BCUT2D eigenvalue weighted by Crippen LogP contribution is -2.60. The van der Waals surface area contributed by atoms with Crippen LogP contribution in [0.3, 0.4) is 0 Å². The number of methoxy groups -OCH3 is 1. The molecule has 0 aromatic rings. The Morgan fingerprint density at radius 1 is 1.54 bits per heavy atom. The van der Waals surface area contributed by atoms with Gasteiger partial charge >= 0.3 is 0 Å². The Morgan fingerprint density at radius 3 is 2.69 bits per heavy atom. The average Bonchev–Trinajstić information content (AvgIpc) is 2.10. The van der Waals surface area contributed by atoms with Crippen molar-refractivity contribution in [2.24, 2.45) is 5.41 Å². The van der Waals surface area contributed by atoms with Gasteiger partial charge in [-0.05, 0) is 19.4 Å². The van der Waals surface area contributed by atoms with E-state index in [1.807, 2.05) is 0 Å². The molecule has 2 atom stereocenters. The molecule has 0 aromatic carbocycles. The van der Waals surface area contributed by atoms with Crippen LogP contribution >= 0.6 is 0 Å². The molecule has 2 unspecified atom stereocenters. The lowest BCUT2D eigenvalue weighted by Gasteiger charge is -2.51. The zero-order valence-corrected chi connectivity index (χ0v) is 8.84. The summed E-state index contributed by atoms with van der Waals surface area (Å²) in [5.74, 6) is 0. The predicted octanol–water partition coefficient (Wildman–Crippen LogP) is 0.772. The van der Waals surface area contributed by atoms with Gasteiger partial charge in [0.15, 0.2) is 0 Å². The third-order valence-electron chi connectivity index (χ3n) is 3.19. The molecule has 13 heavy (non-hydrogen) atoms. The highest BCUT2D eigenvalue weighted by Crippen LogP contribution is 2.42. The van der Waals surface area contributed by atoms with Gasteiger partial charge in [0.05, 0.1) is 6.10 Å². The second kappa shape index (κ2) is 4.40. The summed E-state index contributed by atoms with van der Waals surface area (Å²) in [4.78, 5) is 0. The number of rotatable bonds is 5. The Balaban J connectivity index is 2.23. The molecule has 0 aliphatic heterocycles. The van der Waals surface area contributed by atoms with Gasteiger partial charge in [-0.3, -0.25) is 0 Å². The largest absolute Gasteiger partial charge is 0.396 e. The first-order valence-electron chi connectivity index (χ1n) is 5.00. The lowest BCUT2D eigenvalue weighted by atomic mass is 9.64. The molecule has 1 aliphatic rings. The van der Waals surface area contributed by atoms with Crippen LogP contribution in [-0.2, 0) is 4.74 Å². The summed E-state index contributed by atoms with van der Waals surface area (Å²) in [5, 5.41) is 12.1. The quantitative estimate of drug-likeness (QED) is 0.625. The van der Waals surface area contributed by atoms with Gasteiger partial charge in [0, 0.05) is 25.2 Å². The molecule has 3 heteroatoms. The standard InChI is InChI=1S/C10H21NO2/c1-10(2)8(7-9(10)13-3)11-5-4-6-12/h8-9,11-12H,4-7H2,1-3H3. The third kappa shape index (κ3) is 2.22. The lowest BCUT2D eigenvalue weighted by molar-refractivity contribution is -0.0974. The molecule has 0 amide bonds. The van der Waals surface area contributed by atoms with Crippen molar-refractivity contribution in [1.29, 1.82) is 0 Å². The van der Waals surface area contributed by atoms with Gasteiger partial charge in [0.25, 0.3) is 0 Å². The van der Waals surface area contributed by atoms with Crippen LogP contribution in [0.1, 0.15) is 26.7 Å². The Hall–Kier alpha value is -0.120. The van der Waals surface area contributed by atoms with E-state index < -0.39 is 0 Å². The summed E-state index contributed by atoms with van der Waals surface area (Å²) in [7, 11) is 1.77. The van der Waals surface area contributed by atoms with Crippen LogP contribution in [0.4, 0.5) is 0 Å². The van der Waals surface area contributed by atoms with Crippen molar-refractivity contribution in [3.63, 3.8) is 0 Å². The fraction of sp³-hybridized carbons (Fsp3) is 1.00. The molecule has 0 bridgehead atoms. The highest BCUT2D eigenvalue weighted by molar-refractivity contribution is 5.02. The maximum atomic E-state index is 8.63. The molecule has 1 aliphatic carbocycles. The van der Waals surface area contributed by atoms with E-state index >= 15 is 0 Å². The third-order valence-corrected chi connectivity index (χ3v) is 3.19. The molecule has 1 saturated carbocycles. The smallest absolute Gasteiger partial charge is 0.0652 e. The minimum Gasteiger partial charge on any atom is -0.396 e. The SMILES string of the molecule is COC1CC(NCCCO)C1(C)C. The first-order chi connectivity index (χ1) is 6.12. The predicted molar refractivity (Wildman–Crippen MR) is 52.7 cm³/mol. The minimum atomic E-state index is 0.240. The van der Waals surface area contributed by atoms with Crippen LogP contribution < -0.4 is 5.32 Å². The molecular formula is C10H21NO2. The van der Waals surface area contributed by atoms with Gasteiger partial charge in [0.2, 0.25) is 0 Å². The molecule has 1 rings (SSSR count). The molecule has 0 aromatic heterocycles. The second-order valence-corrected chi connectivity index (χ2v) is 4.37. The van der Waals surface area contributed by atoms with Crippen molar-refractivity contribution in [3.05, 3.63) is 0 Å². The van der Waals surface area contributed by atoms with Crippen molar-refractivity contribution in [2.75, 3.05) is 20.3 Å². The van der Waals surface area contributed by atoms with Crippen molar-refractivity contribution in [2.45, 2.75) is 38.8 Å². The van der Waals surface area contributed by atoms with Gasteiger partial charge in [-0.1, -0.05) is 13.8 Å². The summed E-state index contributed by atoms with van der Waals surface area (Å²) in [6, 6.07) is 0.545. The van der Waals surface area contributed by atoms with E-state index in [1.54, 1.807) is 7.11 Å². The summed E-state index contributed by atoms with van der Waals surface area (Å²) in [6.07, 6.45) is 2.32. The van der Waals surface area contributed by atoms with Crippen molar-refractivity contribution < 1.29 is 9.84 Å². The molecule has 0 heterocycles. The molecule has 2 N–H and O–H groups in total. The van der Waals surface area contributed by atoms with Crippen molar-refractivity contribution in [1.82, 2.24) is 5.32 Å². The van der Waals surface area contributed by atoms with Gasteiger partial charge in [-0.2, -0.15) is 0 Å². The van der Waals surface area contributed by atoms with E-state index in [2.05, 4.69) is 19.2 Å². The van der Waals surface area contributed by atoms with E-state index in [0.29, 0.717) is 12.1 Å². The molecule has 0 spiro atoms. The maximum Gasteiger partial charge on any atom is 0.0652 e. The van der Waals surface area contributed by atoms with Crippen LogP contribution in [0.15, 0.2) is 0 Å². The molecule has 0 saturated heterocycles. The maximum absolute atomic E-state index is 8.63. The van der Waals surface area contributed by atoms with Crippen LogP contribution in [0.2, 0.25) is 0 Å². The molecule has 0 radical (unpaired) electrons. The van der Waals surface area contributed by atoms with Crippen molar-refractivity contribution >= 4 is 0 Å². The van der Waals surface area contributed by atoms with E-state index in [0.717, 1.165) is 19.4 Å². The van der Waals surface area contributed by atoms with Gasteiger partial charge in [0.1, 0.15) is 0 Å². The topological polar surface area (TPSA) is 41.5 Å². The van der Waals surface area contributed by atoms with Gasteiger partial charge in [-0.15, -0.1) is 0 Å². The highest BCUT2D eigenvalue weighted by atomic mass is 16.5. The number of ether oxygens (including phenoxy) is 1. The number of aliphatic hydroxyl groups is 1. The van der Waals surface area contributed by atoms with Crippen LogP contribution in [0, 0.1) is 5.41 Å². The minimum absolute atomic E-state index is 0.240. The molecule has 1 fully saturated rings. The number of nitrogens with one attached hydrogen (secondary N) is 1. The summed E-state index contributed by atoms with van der Waals surface area (Å²) < 4.78 is 5.35. The van der Waals surface area contributed by atoms with E-state index in [4.69, 9.17) is 9.84 Å². The van der Waals surface area contributed by atoms with Gasteiger partial charge < -0.3 is 15.2 Å². The Kier molecular flexibility index (Phi) is 3.71. The molecule has 3 nitrogen and oxygen atoms in total. The van der Waals surface area contributed by atoms with E-state index in [-0.39, 0.29) is 12.0 Å². The number of hydrogen-bond donors (Lipinski definition) is 2. The zero-order valence-electron chi connectivity index (χ0n) is 8.84. The fourth-order valence-corrected chi connectivity index (χ4v) is 1.99. The Morgan fingerprint density at radius 2 is 2.23 bits per heavy atom. The average molecular weight is 187 g/mol. The molecular weight excluding hydrogens is 166 g/mol. The summed E-state index contributed by atoms with van der Waals surface area (Å²) in [6.45, 7) is 5.62. The summed E-state index contributed by atoms with van der Waals surface area (Å²) >= 11 is 0. The molecule has 78 valence electrons. The Labute approximate surface area is 80.5 Å². The van der Waals surface area contributed by atoms with Crippen LogP contribution in [0.5, 0.6) is 0 Å². The van der Waals surface area contributed by atoms with E-state index in [9.17, 15) is 0 Å². The normalized spacial score (nSPS) is 31.4. The highest BCUT2D eigenvalue weighted by Gasteiger charge is 2.47. The van der Waals surface area contributed by atoms with Crippen LogP contribution in [0.25, 0.3) is 0 Å². The first kappa shape index (κ1) is 11.0. The second-order valence-electron chi connectivity index (χ2n) is 4.37. The fourth-order valence-electron chi connectivity index (χ4n) is 1.99. The monoisotopic (exact) mass is 187 g/mol. The number of hydrogen-bond acceptors (Lipinski definition) is 3. The first-order valence-corrected chi connectivity index (χ1v) is 5.00. The van der Waals surface area contributed by atoms with Crippen LogP contribution in [-0.4, -0.2) is 37.5 Å². The zero-order chi connectivity index (χ0) is 9.90. The summed E-state index contributed by atoms with van der Waals surface area (Å²) in [5.41, 5.74) is 0.240. The van der Waals surface area contributed by atoms with E-state index in [1.165, 1.54) is 0 Å². The number of aliphatic hydroxyl groups excluding tert-OH is 1. The Bertz CT molecular complexity index is 159. The van der Waals surface area contributed by atoms with Crippen molar-refractivity contribution in [3.8, 4) is 0 Å².